The van der Waals surface area contributed by atoms with Crippen LogP contribution in [0.15, 0.2) is 58.7 Å². The van der Waals surface area contributed by atoms with E-state index in [0.717, 1.165) is 11.1 Å². The summed E-state index contributed by atoms with van der Waals surface area (Å²) in [4.78, 5) is 43.9. The van der Waals surface area contributed by atoms with E-state index in [-0.39, 0.29) is 31.3 Å². The molecule has 0 fully saturated rings. The minimum atomic E-state index is -0.786. The van der Waals surface area contributed by atoms with Crippen molar-refractivity contribution in [1.29, 1.82) is 0 Å². The van der Waals surface area contributed by atoms with Crippen molar-refractivity contribution in [3.05, 3.63) is 70.4 Å². The zero-order valence-corrected chi connectivity index (χ0v) is 22.8. The number of rotatable bonds is 9. The number of benzene rings is 2. The maximum absolute atomic E-state index is 13.8. The molecule has 0 aromatic heterocycles. The monoisotopic (exact) mass is 535 g/mol. The number of carbonyl (C=O) groups excluding carboxylic acids is 3. The van der Waals surface area contributed by atoms with Crippen molar-refractivity contribution in [3.8, 4) is 11.5 Å². The minimum absolute atomic E-state index is 0.0796. The fraction of sp³-hybridized carbons (Fsp3) is 0.400. The van der Waals surface area contributed by atoms with Crippen LogP contribution < -0.4 is 9.47 Å². The van der Waals surface area contributed by atoms with Gasteiger partial charge in [0.1, 0.15) is 12.5 Å². The molecule has 1 aliphatic heterocycles. The van der Waals surface area contributed by atoms with Crippen LogP contribution in [-0.2, 0) is 23.8 Å². The third kappa shape index (κ3) is 5.73. The highest BCUT2D eigenvalue weighted by atomic mass is 16.6. The number of Topliss-reactive ketones (excluding diaryl/α,β-unsaturated/α-hetero) is 1. The predicted octanol–water partition coefficient (Wildman–Crippen LogP) is 4.26. The second-order valence-electron chi connectivity index (χ2n) is 9.49. The summed E-state index contributed by atoms with van der Waals surface area (Å²) in [6, 6.07) is 12.4. The second-order valence-corrected chi connectivity index (χ2v) is 9.49. The molecule has 1 aliphatic carbocycles. The molecule has 0 bridgehead atoms. The Morgan fingerprint density at radius 3 is 2.23 bits per heavy atom. The summed E-state index contributed by atoms with van der Waals surface area (Å²) in [5.41, 5.74) is 3.78. The number of hydrogen-bond acceptors (Lipinski definition) is 9. The van der Waals surface area contributed by atoms with Crippen LogP contribution in [0, 0.1) is 5.92 Å². The van der Waals surface area contributed by atoms with Crippen molar-refractivity contribution < 1.29 is 38.1 Å². The van der Waals surface area contributed by atoms with Crippen LogP contribution in [0.2, 0.25) is 0 Å². The maximum atomic E-state index is 13.8. The number of aliphatic imine (C=N–C) groups is 1. The molecular formula is C30H33NO8. The molecule has 9 nitrogen and oxygen atoms in total. The van der Waals surface area contributed by atoms with E-state index in [0.29, 0.717) is 40.5 Å². The van der Waals surface area contributed by atoms with Crippen molar-refractivity contribution >= 4 is 23.4 Å². The average Bonchev–Trinajstić information content (AvgIpc) is 2.95. The maximum Gasteiger partial charge on any atom is 0.337 e. The van der Waals surface area contributed by atoms with Crippen molar-refractivity contribution in [3.63, 3.8) is 0 Å². The smallest absolute Gasteiger partial charge is 0.337 e. The van der Waals surface area contributed by atoms with Crippen LogP contribution >= 0.6 is 0 Å². The van der Waals surface area contributed by atoms with Gasteiger partial charge in [0, 0.05) is 36.4 Å². The summed E-state index contributed by atoms with van der Waals surface area (Å²) in [7, 11) is 5.99. The first-order valence-corrected chi connectivity index (χ1v) is 12.7. The molecule has 2 aliphatic rings. The predicted molar refractivity (Wildman–Crippen MR) is 144 cm³/mol. The van der Waals surface area contributed by atoms with E-state index >= 15 is 0 Å². The van der Waals surface area contributed by atoms with E-state index in [9.17, 15) is 14.4 Å². The first-order valence-electron chi connectivity index (χ1n) is 12.7. The van der Waals surface area contributed by atoms with E-state index in [2.05, 4.69) is 0 Å². The molecule has 206 valence electrons. The molecule has 0 amide bonds. The number of ether oxygens (including phenoxy) is 5. The van der Waals surface area contributed by atoms with E-state index in [1.165, 1.54) is 14.2 Å². The van der Waals surface area contributed by atoms with Gasteiger partial charge in [-0.2, -0.15) is 0 Å². The van der Waals surface area contributed by atoms with Crippen LogP contribution in [-0.4, -0.2) is 65.1 Å². The van der Waals surface area contributed by atoms with Gasteiger partial charge >= 0.3 is 11.9 Å². The number of ketones is 1. The zero-order chi connectivity index (χ0) is 28.1. The molecule has 3 atom stereocenters. The minimum Gasteiger partial charge on any atom is -0.493 e. The summed E-state index contributed by atoms with van der Waals surface area (Å²) in [5.74, 6) is -1.32. The summed E-state index contributed by atoms with van der Waals surface area (Å²) < 4.78 is 26.2. The normalized spacial score (nSPS) is 20.6. The molecule has 2 aromatic carbocycles. The topological polar surface area (TPSA) is 110 Å². The lowest BCUT2D eigenvalue weighted by Crippen LogP contribution is -2.38. The molecule has 0 radical (unpaired) electrons. The Labute approximate surface area is 227 Å². The van der Waals surface area contributed by atoms with Gasteiger partial charge in [-0.05, 0) is 54.7 Å². The van der Waals surface area contributed by atoms with Gasteiger partial charge in [-0.25, -0.2) is 4.79 Å². The van der Waals surface area contributed by atoms with E-state index in [1.54, 1.807) is 45.4 Å². The Kier molecular flexibility index (Phi) is 8.81. The molecule has 0 saturated carbocycles. The van der Waals surface area contributed by atoms with Gasteiger partial charge in [-0.15, -0.1) is 0 Å². The molecule has 9 heteroatoms. The van der Waals surface area contributed by atoms with Crippen LogP contribution in [0.4, 0.5) is 0 Å². The molecule has 4 rings (SSSR count). The molecular weight excluding hydrogens is 502 g/mol. The van der Waals surface area contributed by atoms with Gasteiger partial charge in [-0.3, -0.25) is 14.6 Å². The second kappa shape index (κ2) is 12.3. The van der Waals surface area contributed by atoms with Crippen LogP contribution in [0.3, 0.4) is 0 Å². The third-order valence-electron chi connectivity index (χ3n) is 7.24. The quantitative estimate of drug-likeness (QED) is 0.346. The van der Waals surface area contributed by atoms with Crippen LogP contribution in [0.1, 0.15) is 53.1 Å². The lowest BCUT2D eigenvalue weighted by molar-refractivity contribution is -0.147. The molecule has 39 heavy (non-hydrogen) atoms. The van der Waals surface area contributed by atoms with E-state index in [4.69, 9.17) is 28.7 Å². The number of carbonyl (C=O) groups is 3. The van der Waals surface area contributed by atoms with Crippen molar-refractivity contribution in [2.45, 2.75) is 31.6 Å². The summed E-state index contributed by atoms with van der Waals surface area (Å²) in [6.45, 7) is 2.13. The Balaban J connectivity index is 1.74. The van der Waals surface area contributed by atoms with E-state index < -0.39 is 23.8 Å². The summed E-state index contributed by atoms with van der Waals surface area (Å²) in [5, 5.41) is 0. The number of nitrogens with zero attached hydrogens (tertiary/aromatic N) is 1. The molecule has 2 aromatic rings. The molecule has 0 spiro atoms. The number of esters is 2. The Bertz CT molecular complexity index is 1310. The summed E-state index contributed by atoms with van der Waals surface area (Å²) >= 11 is 0. The fourth-order valence-corrected chi connectivity index (χ4v) is 5.33. The van der Waals surface area contributed by atoms with Gasteiger partial charge in [0.15, 0.2) is 17.3 Å². The zero-order valence-electron chi connectivity index (χ0n) is 22.8. The SMILES string of the molecule is COCCOC(=O)C1C(C)=NC2=C(C(=O)C[C@@H](c3ccc(OC)c(OC)c3)C2)[C@H]1c1ccc(C(=O)OC)cc1. The highest BCUT2D eigenvalue weighted by Gasteiger charge is 2.44. The van der Waals surface area contributed by atoms with E-state index in [1.807, 2.05) is 18.2 Å². The van der Waals surface area contributed by atoms with Gasteiger partial charge in [0.2, 0.25) is 0 Å². The first-order chi connectivity index (χ1) is 18.8. The van der Waals surface area contributed by atoms with Crippen molar-refractivity contribution in [2.24, 2.45) is 10.9 Å². The molecule has 0 saturated heterocycles. The fourth-order valence-electron chi connectivity index (χ4n) is 5.33. The Morgan fingerprint density at radius 1 is 0.897 bits per heavy atom. The largest absolute Gasteiger partial charge is 0.493 e. The number of hydrogen-bond donors (Lipinski definition) is 0. The molecule has 1 unspecified atom stereocenters. The first kappa shape index (κ1) is 28.0. The number of allylic oxidation sites excluding steroid dienone is 2. The Morgan fingerprint density at radius 2 is 1.59 bits per heavy atom. The van der Waals surface area contributed by atoms with Crippen molar-refractivity contribution in [1.82, 2.24) is 0 Å². The molecule has 0 N–H and O–H groups in total. The third-order valence-corrected chi connectivity index (χ3v) is 7.24. The average molecular weight is 536 g/mol. The highest BCUT2D eigenvalue weighted by Crippen LogP contribution is 2.47. The van der Waals surface area contributed by atoms with Crippen LogP contribution in [0.25, 0.3) is 0 Å². The van der Waals surface area contributed by atoms with Gasteiger partial charge in [-0.1, -0.05) is 18.2 Å². The summed E-state index contributed by atoms with van der Waals surface area (Å²) in [6.07, 6.45) is 0.779. The lowest BCUT2D eigenvalue weighted by atomic mass is 9.69. The molecule has 1 heterocycles. The lowest BCUT2D eigenvalue weighted by Gasteiger charge is -2.36. The standard InChI is InChI=1S/C30H33NO8/c1-17-26(30(34)39-13-12-35-2)27(18-6-8-19(9-7-18)29(33)38-5)28-22(31-17)14-21(15-23(28)32)20-10-11-24(36-3)25(16-20)37-4/h6-11,16,21,26-27H,12-15H2,1-5H3/t21-,26?,27-/m0/s1. The number of methoxy groups -OCH3 is 4. The van der Waals surface area contributed by atoms with Crippen molar-refractivity contribution in [2.75, 3.05) is 41.7 Å². The van der Waals surface area contributed by atoms with Gasteiger partial charge < -0.3 is 23.7 Å². The van der Waals surface area contributed by atoms with Gasteiger partial charge in [0.25, 0.3) is 0 Å². The highest BCUT2D eigenvalue weighted by molar-refractivity contribution is 6.09. The van der Waals surface area contributed by atoms with Gasteiger partial charge in [0.05, 0.1) is 33.5 Å². The van der Waals surface area contributed by atoms with Crippen LogP contribution in [0.5, 0.6) is 11.5 Å². The Hall–Kier alpha value is -3.98.